The van der Waals surface area contributed by atoms with Crippen molar-refractivity contribution < 1.29 is 42.1 Å². The normalized spacial score (nSPS) is 14.3. The van der Waals surface area contributed by atoms with E-state index in [1.54, 1.807) is 0 Å². The number of unbranched alkanes of at least 4 members (excludes halogenated alkanes) is 16. The molecule has 312 valence electrons. The summed E-state index contributed by atoms with van der Waals surface area (Å²) in [6.45, 7) is 4.22. The third-order valence-corrected chi connectivity index (χ3v) is 9.61. The molecule has 10 heteroatoms. The summed E-state index contributed by atoms with van der Waals surface area (Å²) in [7, 11) is 1.44. The molecular weight excluding hydrogens is 701 g/mol. The van der Waals surface area contributed by atoms with Crippen LogP contribution in [0.5, 0.6) is 0 Å². The molecule has 54 heavy (non-hydrogen) atoms. The quantitative estimate of drug-likeness (QED) is 0.0166. The Balaban J connectivity index is 4.46. The number of hydrogen-bond donors (Lipinski definition) is 1. The predicted octanol–water partition coefficient (Wildman–Crippen LogP) is 11.7. The lowest BCUT2D eigenvalue weighted by Crippen LogP contribution is -2.37. The van der Waals surface area contributed by atoms with Gasteiger partial charge in [0.25, 0.3) is 0 Å². The fourth-order valence-corrected chi connectivity index (χ4v) is 6.05. The number of quaternary nitrogens is 1. The zero-order chi connectivity index (χ0) is 40.0. The first-order valence-electron chi connectivity index (χ1n) is 21.1. The molecule has 0 aromatic rings. The van der Waals surface area contributed by atoms with Crippen molar-refractivity contribution >= 4 is 19.8 Å². The average Bonchev–Trinajstić information content (AvgIpc) is 3.12. The van der Waals surface area contributed by atoms with Crippen molar-refractivity contribution in [2.75, 3.05) is 47.5 Å². The second-order valence-electron chi connectivity index (χ2n) is 15.1. The molecular formula is C44H79NO8P+. The molecule has 0 rings (SSSR count). The number of ether oxygens (including phenoxy) is 2. The van der Waals surface area contributed by atoms with Gasteiger partial charge in [0.1, 0.15) is 19.8 Å². The summed E-state index contributed by atoms with van der Waals surface area (Å²) in [5.74, 6) is -0.849. The maximum absolute atomic E-state index is 12.7. The Bertz CT molecular complexity index is 1110. The molecule has 0 saturated heterocycles. The van der Waals surface area contributed by atoms with Crippen LogP contribution in [0.4, 0.5) is 0 Å². The average molecular weight is 781 g/mol. The summed E-state index contributed by atoms with van der Waals surface area (Å²) in [6.07, 6.45) is 42.7. The molecule has 1 unspecified atom stereocenters. The van der Waals surface area contributed by atoms with Gasteiger partial charge in [0.2, 0.25) is 0 Å². The molecule has 0 spiro atoms. The van der Waals surface area contributed by atoms with Crippen LogP contribution in [0, 0.1) is 0 Å². The Morgan fingerprint density at radius 1 is 0.593 bits per heavy atom. The van der Waals surface area contributed by atoms with Gasteiger partial charge >= 0.3 is 19.8 Å². The number of esters is 2. The van der Waals surface area contributed by atoms with Crippen LogP contribution in [-0.4, -0.2) is 74.9 Å². The molecule has 0 aromatic heterocycles. The molecule has 2 atom stereocenters. The van der Waals surface area contributed by atoms with Gasteiger partial charge in [-0.3, -0.25) is 18.6 Å². The first-order chi connectivity index (χ1) is 26.0. The highest BCUT2D eigenvalue weighted by Crippen LogP contribution is 2.43. The van der Waals surface area contributed by atoms with E-state index in [1.807, 2.05) is 51.5 Å². The second-order valence-corrected chi connectivity index (χ2v) is 16.5. The summed E-state index contributed by atoms with van der Waals surface area (Å²) in [4.78, 5) is 35.3. The van der Waals surface area contributed by atoms with Crippen LogP contribution in [0.1, 0.15) is 155 Å². The van der Waals surface area contributed by atoms with E-state index in [0.717, 1.165) is 64.2 Å². The number of carbonyl (C=O) groups excluding carboxylic acids is 2. The summed E-state index contributed by atoms with van der Waals surface area (Å²) in [5.41, 5.74) is 0. The fraction of sp³-hybridized carbons (Fsp3) is 0.727. The third kappa shape index (κ3) is 39.4. The topological polar surface area (TPSA) is 108 Å². The highest BCUT2D eigenvalue weighted by atomic mass is 31.2. The van der Waals surface area contributed by atoms with E-state index in [4.69, 9.17) is 18.5 Å². The lowest BCUT2D eigenvalue weighted by Gasteiger charge is -2.24. The van der Waals surface area contributed by atoms with E-state index in [1.165, 1.54) is 51.4 Å². The van der Waals surface area contributed by atoms with Crippen molar-refractivity contribution in [3.63, 3.8) is 0 Å². The monoisotopic (exact) mass is 781 g/mol. The highest BCUT2D eigenvalue weighted by Gasteiger charge is 2.27. The van der Waals surface area contributed by atoms with E-state index in [2.05, 4.69) is 44.2 Å². The molecule has 0 radical (unpaired) electrons. The molecule has 0 heterocycles. The van der Waals surface area contributed by atoms with Crippen molar-refractivity contribution in [1.82, 2.24) is 0 Å². The van der Waals surface area contributed by atoms with Crippen molar-refractivity contribution in [2.24, 2.45) is 0 Å². The van der Waals surface area contributed by atoms with Gasteiger partial charge < -0.3 is 18.9 Å². The summed E-state index contributed by atoms with van der Waals surface area (Å²) < 4.78 is 34.2. The highest BCUT2D eigenvalue weighted by molar-refractivity contribution is 7.47. The number of carbonyl (C=O) groups is 2. The van der Waals surface area contributed by atoms with E-state index < -0.39 is 32.5 Å². The van der Waals surface area contributed by atoms with Gasteiger partial charge in [0, 0.05) is 12.8 Å². The second kappa shape index (κ2) is 36.4. The number of allylic oxidation sites excluding steroid dienone is 10. The minimum atomic E-state index is -4.38. The molecule has 9 nitrogen and oxygen atoms in total. The first kappa shape index (κ1) is 51.7. The summed E-state index contributed by atoms with van der Waals surface area (Å²) in [6, 6.07) is 0. The lowest BCUT2D eigenvalue weighted by molar-refractivity contribution is -0.870. The molecule has 0 bridgehead atoms. The third-order valence-electron chi connectivity index (χ3n) is 8.63. The van der Waals surface area contributed by atoms with Crippen LogP contribution in [0.3, 0.4) is 0 Å². The standard InChI is InChI=1S/C44H78NO8P/c1-6-8-10-12-14-16-18-20-22-24-26-28-30-32-34-36-43(46)50-40-42(41-52-54(48,49)51-39-38-45(3,4)5)53-44(47)37-35-33-31-29-27-25-23-21-19-17-15-13-11-9-7-2/h8,10,12,14,16,18,20,22,25,27,42H,6-7,9,11,13,15,17,19,21,23-24,26,28-41H2,1-5H3/p+1/b10-8+,14-12+,18-16+,22-20+,27-25+/t42-/m1/s1. The molecule has 0 saturated carbocycles. The minimum absolute atomic E-state index is 0.0222. The van der Waals surface area contributed by atoms with E-state index in [-0.39, 0.29) is 26.1 Å². The van der Waals surface area contributed by atoms with E-state index in [9.17, 15) is 19.0 Å². The van der Waals surface area contributed by atoms with Gasteiger partial charge in [-0.2, -0.15) is 0 Å². The Morgan fingerprint density at radius 2 is 1.07 bits per heavy atom. The van der Waals surface area contributed by atoms with Crippen LogP contribution >= 0.6 is 7.82 Å². The van der Waals surface area contributed by atoms with Crippen LogP contribution in [0.15, 0.2) is 60.8 Å². The largest absolute Gasteiger partial charge is 0.472 e. The first-order valence-corrected chi connectivity index (χ1v) is 22.6. The fourth-order valence-electron chi connectivity index (χ4n) is 5.31. The van der Waals surface area contributed by atoms with Crippen molar-refractivity contribution in [1.29, 1.82) is 0 Å². The molecule has 0 aromatic carbocycles. The van der Waals surface area contributed by atoms with Gasteiger partial charge in [-0.25, -0.2) is 4.57 Å². The Kier molecular flexibility index (Phi) is 34.8. The number of rotatable bonds is 37. The summed E-state index contributed by atoms with van der Waals surface area (Å²) >= 11 is 0. The smallest absolute Gasteiger partial charge is 0.462 e. The number of phosphoric ester groups is 1. The number of hydrogen-bond acceptors (Lipinski definition) is 7. The SMILES string of the molecule is CC/C=C/C=C/C=C/C=C/CCCCCCCC(=O)OC[C@H](COP(=O)(O)OCC[N+](C)(C)C)OC(=O)CCCCC/C=C/CCCCCCCCCC. The van der Waals surface area contributed by atoms with Crippen molar-refractivity contribution in [3.8, 4) is 0 Å². The zero-order valence-electron chi connectivity index (χ0n) is 34.9. The molecule has 0 aliphatic carbocycles. The van der Waals surface area contributed by atoms with Gasteiger partial charge in [0.05, 0.1) is 27.7 Å². The molecule has 0 aliphatic rings. The minimum Gasteiger partial charge on any atom is -0.462 e. The van der Waals surface area contributed by atoms with Gasteiger partial charge in [-0.05, 0) is 57.8 Å². The predicted molar refractivity (Wildman–Crippen MR) is 224 cm³/mol. The number of phosphoric acid groups is 1. The van der Waals surface area contributed by atoms with Crippen molar-refractivity contribution in [3.05, 3.63) is 60.8 Å². The molecule has 0 aliphatic heterocycles. The van der Waals surface area contributed by atoms with Crippen molar-refractivity contribution in [2.45, 2.75) is 161 Å². The maximum Gasteiger partial charge on any atom is 0.472 e. The summed E-state index contributed by atoms with van der Waals surface area (Å²) in [5, 5.41) is 0. The zero-order valence-corrected chi connectivity index (χ0v) is 35.8. The van der Waals surface area contributed by atoms with Crippen LogP contribution < -0.4 is 0 Å². The molecule has 0 amide bonds. The Hall–Kier alpha value is -2.29. The number of nitrogens with zero attached hydrogens (tertiary/aromatic N) is 1. The van der Waals surface area contributed by atoms with Crippen LogP contribution in [0.25, 0.3) is 0 Å². The number of likely N-dealkylation sites (N-methyl/N-ethyl adjacent to an activating group) is 1. The van der Waals surface area contributed by atoms with Gasteiger partial charge in [0.15, 0.2) is 6.10 Å². The van der Waals surface area contributed by atoms with Crippen LogP contribution in [-0.2, 0) is 32.7 Å². The molecule has 1 N–H and O–H groups in total. The maximum atomic E-state index is 12.7. The van der Waals surface area contributed by atoms with E-state index in [0.29, 0.717) is 23.9 Å². The van der Waals surface area contributed by atoms with Gasteiger partial charge in [-0.15, -0.1) is 0 Å². The Morgan fingerprint density at radius 3 is 1.65 bits per heavy atom. The lowest BCUT2D eigenvalue weighted by atomic mass is 10.1. The van der Waals surface area contributed by atoms with E-state index >= 15 is 0 Å². The molecule has 0 fully saturated rings. The van der Waals surface area contributed by atoms with Gasteiger partial charge in [-0.1, -0.05) is 145 Å². The Labute approximate surface area is 330 Å². The van der Waals surface area contributed by atoms with Crippen LogP contribution in [0.2, 0.25) is 0 Å².